The summed E-state index contributed by atoms with van der Waals surface area (Å²) < 4.78 is 0. The Kier molecular flexibility index (Phi) is 4.85. The predicted molar refractivity (Wildman–Crippen MR) is 92.9 cm³/mol. The fourth-order valence-corrected chi connectivity index (χ4v) is 3.14. The SMILES string of the molecule is CN1CCN=C1/C=N/C1CCCCC1/N=C/C1=NCCN1C. The minimum absolute atomic E-state index is 0.286. The molecule has 2 atom stereocenters. The number of likely N-dealkylation sites (N-methyl/N-ethyl adjacent to an activating group) is 2. The third kappa shape index (κ3) is 3.54. The third-order valence-corrected chi connectivity index (χ3v) is 4.66. The fourth-order valence-electron chi connectivity index (χ4n) is 3.14. The first-order valence-corrected chi connectivity index (χ1v) is 8.31. The summed E-state index contributed by atoms with van der Waals surface area (Å²) in [5, 5.41) is 0. The van der Waals surface area contributed by atoms with Crippen molar-refractivity contribution < 1.29 is 0 Å². The van der Waals surface area contributed by atoms with Crippen molar-refractivity contribution in [3.8, 4) is 0 Å². The molecule has 0 aromatic rings. The molecule has 0 N–H and O–H groups in total. The second kappa shape index (κ2) is 7.03. The van der Waals surface area contributed by atoms with Crippen molar-refractivity contribution in [1.82, 2.24) is 9.80 Å². The molecular formula is C16H26N6. The molecule has 6 nitrogen and oxygen atoms in total. The van der Waals surface area contributed by atoms with Crippen molar-refractivity contribution >= 4 is 24.1 Å². The van der Waals surface area contributed by atoms with E-state index in [0.717, 1.165) is 50.7 Å². The molecule has 22 heavy (non-hydrogen) atoms. The zero-order valence-corrected chi connectivity index (χ0v) is 13.6. The molecule has 2 unspecified atom stereocenters. The van der Waals surface area contributed by atoms with E-state index >= 15 is 0 Å². The molecule has 1 saturated carbocycles. The molecule has 3 aliphatic rings. The van der Waals surface area contributed by atoms with Crippen LogP contribution in [0.15, 0.2) is 20.0 Å². The van der Waals surface area contributed by atoms with Crippen LogP contribution in [0.3, 0.4) is 0 Å². The average molecular weight is 302 g/mol. The Bertz CT molecular complexity index is 461. The fraction of sp³-hybridized carbons (Fsp3) is 0.750. The number of hydrogen-bond acceptors (Lipinski definition) is 6. The van der Waals surface area contributed by atoms with Crippen LogP contribution in [0.5, 0.6) is 0 Å². The van der Waals surface area contributed by atoms with E-state index in [1.54, 1.807) is 0 Å². The van der Waals surface area contributed by atoms with Crippen LogP contribution in [0.25, 0.3) is 0 Å². The molecule has 0 bridgehead atoms. The minimum Gasteiger partial charge on any atom is -0.357 e. The zero-order valence-electron chi connectivity index (χ0n) is 13.6. The van der Waals surface area contributed by atoms with Gasteiger partial charge in [-0.2, -0.15) is 0 Å². The topological polar surface area (TPSA) is 55.9 Å². The molecule has 0 radical (unpaired) electrons. The van der Waals surface area contributed by atoms with E-state index in [1.807, 2.05) is 12.4 Å². The van der Waals surface area contributed by atoms with Gasteiger partial charge in [0, 0.05) is 27.2 Å². The van der Waals surface area contributed by atoms with Crippen molar-refractivity contribution in [2.75, 3.05) is 40.3 Å². The summed E-state index contributed by atoms with van der Waals surface area (Å²) in [6.45, 7) is 3.77. The molecule has 2 heterocycles. The van der Waals surface area contributed by atoms with E-state index in [0.29, 0.717) is 0 Å². The van der Waals surface area contributed by atoms with Crippen molar-refractivity contribution in [2.45, 2.75) is 37.8 Å². The van der Waals surface area contributed by atoms with E-state index < -0.39 is 0 Å². The molecule has 2 aliphatic heterocycles. The Labute approximate surface area is 132 Å². The van der Waals surface area contributed by atoms with Gasteiger partial charge in [0.2, 0.25) is 0 Å². The first kappa shape index (κ1) is 15.2. The van der Waals surface area contributed by atoms with Crippen LogP contribution in [0.4, 0.5) is 0 Å². The average Bonchev–Trinajstić information content (AvgIpc) is 3.12. The van der Waals surface area contributed by atoms with Crippen molar-refractivity contribution in [3.05, 3.63) is 0 Å². The summed E-state index contributed by atoms with van der Waals surface area (Å²) in [4.78, 5) is 22.9. The van der Waals surface area contributed by atoms with Crippen molar-refractivity contribution in [3.63, 3.8) is 0 Å². The zero-order chi connectivity index (χ0) is 15.4. The van der Waals surface area contributed by atoms with Crippen LogP contribution < -0.4 is 0 Å². The maximum atomic E-state index is 4.80. The monoisotopic (exact) mass is 302 g/mol. The quantitative estimate of drug-likeness (QED) is 0.731. The standard InChI is InChI=1S/C16H26N6/c1-21-9-7-17-15(21)11-19-13-5-3-4-6-14(13)20-12-16-18-8-10-22(16)2/h11-14H,3-10H2,1-2H3/b19-11+,20-12+. The van der Waals surface area contributed by atoms with Gasteiger partial charge in [-0.05, 0) is 12.8 Å². The third-order valence-electron chi connectivity index (χ3n) is 4.66. The molecule has 0 saturated heterocycles. The van der Waals surface area contributed by atoms with Crippen LogP contribution in [0, 0.1) is 0 Å². The molecule has 1 fully saturated rings. The van der Waals surface area contributed by atoms with Gasteiger partial charge in [-0.1, -0.05) is 12.8 Å². The summed E-state index contributed by atoms with van der Waals surface area (Å²) in [6.07, 6.45) is 8.64. The summed E-state index contributed by atoms with van der Waals surface area (Å²) >= 11 is 0. The van der Waals surface area contributed by atoms with Gasteiger partial charge in [0.15, 0.2) is 0 Å². The van der Waals surface area contributed by atoms with Gasteiger partial charge in [-0.15, -0.1) is 0 Å². The van der Waals surface area contributed by atoms with Crippen LogP contribution in [-0.2, 0) is 0 Å². The molecule has 6 heteroatoms. The van der Waals surface area contributed by atoms with Gasteiger partial charge >= 0.3 is 0 Å². The lowest BCUT2D eigenvalue weighted by Gasteiger charge is -2.26. The van der Waals surface area contributed by atoms with Gasteiger partial charge in [-0.25, -0.2) is 0 Å². The largest absolute Gasteiger partial charge is 0.357 e. The van der Waals surface area contributed by atoms with Gasteiger partial charge in [-0.3, -0.25) is 20.0 Å². The second-order valence-electron chi connectivity index (χ2n) is 6.30. The molecule has 0 aromatic carbocycles. The highest BCUT2D eigenvalue weighted by molar-refractivity contribution is 6.30. The molecule has 0 amide bonds. The summed E-state index contributed by atoms with van der Waals surface area (Å²) in [5.41, 5.74) is 0. The molecule has 120 valence electrons. The molecule has 0 aromatic heterocycles. The lowest BCUT2D eigenvalue weighted by molar-refractivity contribution is 0.390. The molecule has 0 spiro atoms. The number of nitrogens with zero attached hydrogens (tertiary/aromatic N) is 6. The van der Waals surface area contributed by atoms with Crippen LogP contribution in [0.1, 0.15) is 25.7 Å². The lowest BCUT2D eigenvalue weighted by atomic mass is 9.91. The van der Waals surface area contributed by atoms with Crippen molar-refractivity contribution in [2.24, 2.45) is 20.0 Å². The van der Waals surface area contributed by atoms with Crippen LogP contribution in [-0.4, -0.2) is 86.3 Å². The van der Waals surface area contributed by atoms with Crippen molar-refractivity contribution in [1.29, 1.82) is 0 Å². The van der Waals surface area contributed by atoms with Gasteiger partial charge in [0.05, 0.1) is 37.6 Å². The maximum absolute atomic E-state index is 4.80. The summed E-state index contributed by atoms with van der Waals surface area (Å²) in [6, 6.07) is 0.572. The highest BCUT2D eigenvalue weighted by atomic mass is 15.2. The Morgan fingerprint density at radius 1 is 0.864 bits per heavy atom. The normalized spacial score (nSPS) is 29.7. The van der Waals surface area contributed by atoms with Gasteiger partial charge in [0.1, 0.15) is 11.7 Å². The van der Waals surface area contributed by atoms with Gasteiger partial charge in [0.25, 0.3) is 0 Å². The number of hydrogen-bond donors (Lipinski definition) is 0. The van der Waals surface area contributed by atoms with E-state index in [1.165, 1.54) is 12.8 Å². The Balaban J connectivity index is 1.63. The summed E-state index contributed by atoms with van der Waals surface area (Å²) in [5.74, 6) is 2.02. The van der Waals surface area contributed by atoms with E-state index in [9.17, 15) is 0 Å². The van der Waals surface area contributed by atoms with E-state index in [-0.39, 0.29) is 12.1 Å². The first-order valence-electron chi connectivity index (χ1n) is 8.31. The maximum Gasteiger partial charge on any atom is 0.141 e. The number of aliphatic imine (C=N–C) groups is 4. The predicted octanol–water partition coefficient (Wildman–Crippen LogP) is 1.13. The Morgan fingerprint density at radius 2 is 1.32 bits per heavy atom. The Morgan fingerprint density at radius 3 is 1.68 bits per heavy atom. The molecular weight excluding hydrogens is 276 g/mol. The highest BCUT2D eigenvalue weighted by Crippen LogP contribution is 2.23. The minimum atomic E-state index is 0.286. The van der Waals surface area contributed by atoms with Crippen LogP contribution in [0.2, 0.25) is 0 Å². The van der Waals surface area contributed by atoms with Gasteiger partial charge < -0.3 is 9.80 Å². The van der Waals surface area contributed by atoms with E-state index in [2.05, 4.69) is 33.9 Å². The second-order valence-corrected chi connectivity index (χ2v) is 6.30. The molecule has 1 aliphatic carbocycles. The highest BCUT2D eigenvalue weighted by Gasteiger charge is 2.24. The smallest absolute Gasteiger partial charge is 0.141 e. The number of amidine groups is 2. The lowest BCUT2D eigenvalue weighted by Crippen LogP contribution is -2.30. The Hall–Kier alpha value is -1.72. The van der Waals surface area contributed by atoms with Crippen LogP contribution >= 0.6 is 0 Å². The molecule has 3 rings (SSSR count). The number of rotatable bonds is 4. The first-order chi connectivity index (χ1) is 10.7. The van der Waals surface area contributed by atoms with E-state index in [4.69, 9.17) is 9.98 Å². The summed E-state index contributed by atoms with van der Waals surface area (Å²) in [7, 11) is 4.14.